The molecule has 0 aliphatic carbocycles. The summed E-state index contributed by atoms with van der Waals surface area (Å²) in [4.78, 5) is 10.7. The number of carbonyl (C=O) groups excluding carboxylic acids is 1. The van der Waals surface area contributed by atoms with Crippen LogP contribution in [0.3, 0.4) is 0 Å². The molecule has 1 amide bonds. The first kappa shape index (κ1) is 10.4. The lowest BCUT2D eigenvalue weighted by Gasteiger charge is -2.11. The quantitative estimate of drug-likeness (QED) is 0.472. The molecule has 0 saturated heterocycles. The smallest absolute Gasteiger partial charge is 0.219 e. The van der Waals surface area contributed by atoms with E-state index in [4.69, 9.17) is 5.11 Å². The number of likely N-dealkylation sites (N-methyl/N-ethyl adjacent to an activating group) is 1. The summed E-state index contributed by atoms with van der Waals surface area (Å²) < 4.78 is 0. The Hall–Kier alpha value is -0.610. The zero-order valence-electron chi connectivity index (χ0n) is 7.05. The molecular weight excluding hydrogens is 144 g/mol. The topological polar surface area (TPSA) is 61.4 Å². The van der Waals surface area contributed by atoms with Gasteiger partial charge in [0, 0.05) is 6.42 Å². The Kier molecular flexibility index (Phi) is 5.78. The molecule has 0 aromatic carbocycles. The maximum atomic E-state index is 10.7. The fourth-order valence-electron chi connectivity index (χ4n) is 0.643. The van der Waals surface area contributed by atoms with Gasteiger partial charge in [-0.2, -0.15) is 0 Å². The monoisotopic (exact) mass is 160 g/mol. The summed E-state index contributed by atoms with van der Waals surface area (Å²) in [6.07, 6.45) is -0.172. The summed E-state index contributed by atoms with van der Waals surface area (Å²) in [5, 5.41) is 14.4. The lowest BCUT2D eigenvalue weighted by atomic mass is 10.4. The summed E-state index contributed by atoms with van der Waals surface area (Å²) in [6.45, 7) is 4.64. The Labute approximate surface area is 67.0 Å². The van der Waals surface area contributed by atoms with Gasteiger partial charge in [-0.3, -0.25) is 10.1 Å². The van der Waals surface area contributed by atoms with E-state index in [1.807, 2.05) is 6.92 Å². The average Bonchev–Trinajstić information content (AvgIpc) is 2.01. The largest absolute Gasteiger partial charge is 0.377 e. The summed E-state index contributed by atoms with van der Waals surface area (Å²) in [7, 11) is 0. The Morgan fingerprint density at radius 2 is 2.18 bits per heavy atom. The highest BCUT2D eigenvalue weighted by molar-refractivity contribution is 5.75. The first-order chi connectivity index (χ1) is 5.20. The summed E-state index contributed by atoms with van der Waals surface area (Å²) in [5.41, 5.74) is 0. The van der Waals surface area contributed by atoms with Crippen molar-refractivity contribution in [2.24, 2.45) is 0 Å². The summed E-state index contributed by atoms with van der Waals surface area (Å²) in [6, 6.07) is 0. The molecule has 11 heavy (non-hydrogen) atoms. The minimum Gasteiger partial charge on any atom is -0.377 e. The second-order valence-corrected chi connectivity index (χ2v) is 2.23. The van der Waals surface area contributed by atoms with Gasteiger partial charge in [-0.15, -0.1) is 0 Å². The minimum absolute atomic E-state index is 0.0399. The SMILES string of the molecule is CCNC(O)CNC(=O)CC. The van der Waals surface area contributed by atoms with Gasteiger partial charge < -0.3 is 10.4 Å². The third-order valence-corrected chi connectivity index (χ3v) is 1.25. The van der Waals surface area contributed by atoms with E-state index in [1.165, 1.54) is 0 Å². The van der Waals surface area contributed by atoms with Crippen LogP contribution in [0.4, 0.5) is 0 Å². The standard InChI is InChI=1S/C7H16N2O2/c1-3-6(10)9-5-7(11)8-4-2/h7-8,11H,3-5H2,1-2H3,(H,9,10). The highest BCUT2D eigenvalue weighted by Gasteiger charge is 2.02. The van der Waals surface area contributed by atoms with E-state index < -0.39 is 6.23 Å². The molecule has 4 nitrogen and oxygen atoms in total. The zero-order valence-corrected chi connectivity index (χ0v) is 7.05. The van der Waals surface area contributed by atoms with Crippen molar-refractivity contribution in [3.8, 4) is 0 Å². The molecule has 0 aromatic heterocycles. The lowest BCUT2D eigenvalue weighted by molar-refractivity contribution is -0.121. The molecule has 0 bridgehead atoms. The molecule has 1 unspecified atom stereocenters. The molecule has 0 spiro atoms. The predicted octanol–water partition coefficient (Wildman–Crippen LogP) is -0.560. The lowest BCUT2D eigenvalue weighted by Crippen LogP contribution is -2.40. The van der Waals surface area contributed by atoms with Crippen molar-refractivity contribution in [3.63, 3.8) is 0 Å². The molecule has 0 rings (SSSR count). The maximum absolute atomic E-state index is 10.7. The van der Waals surface area contributed by atoms with Crippen LogP contribution >= 0.6 is 0 Å². The van der Waals surface area contributed by atoms with E-state index in [-0.39, 0.29) is 12.5 Å². The number of amides is 1. The maximum Gasteiger partial charge on any atom is 0.219 e. The van der Waals surface area contributed by atoms with Gasteiger partial charge in [-0.05, 0) is 6.54 Å². The van der Waals surface area contributed by atoms with Gasteiger partial charge in [0.2, 0.25) is 5.91 Å². The first-order valence-electron chi connectivity index (χ1n) is 3.88. The van der Waals surface area contributed by atoms with Gasteiger partial charge in [-0.1, -0.05) is 13.8 Å². The minimum atomic E-state index is -0.629. The molecule has 0 aliphatic heterocycles. The van der Waals surface area contributed by atoms with Crippen molar-refractivity contribution < 1.29 is 9.90 Å². The van der Waals surface area contributed by atoms with Crippen molar-refractivity contribution >= 4 is 5.91 Å². The van der Waals surface area contributed by atoms with Crippen molar-refractivity contribution in [2.45, 2.75) is 26.5 Å². The summed E-state index contributed by atoms with van der Waals surface area (Å²) in [5.74, 6) is -0.0399. The molecule has 1 atom stereocenters. The number of rotatable bonds is 5. The number of aliphatic hydroxyl groups is 1. The Morgan fingerprint density at radius 1 is 1.55 bits per heavy atom. The third-order valence-electron chi connectivity index (χ3n) is 1.25. The van der Waals surface area contributed by atoms with Crippen LogP contribution in [0.2, 0.25) is 0 Å². The molecule has 3 N–H and O–H groups in total. The Balaban J connectivity index is 3.29. The van der Waals surface area contributed by atoms with Crippen LogP contribution in [0.25, 0.3) is 0 Å². The van der Waals surface area contributed by atoms with Gasteiger partial charge in [0.05, 0.1) is 6.54 Å². The molecule has 0 saturated carbocycles. The molecule has 0 aliphatic rings. The van der Waals surface area contributed by atoms with Crippen LogP contribution < -0.4 is 10.6 Å². The second kappa shape index (κ2) is 6.12. The third kappa shape index (κ3) is 5.82. The van der Waals surface area contributed by atoms with Gasteiger partial charge in [0.15, 0.2) is 0 Å². The van der Waals surface area contributed by atoms with Crippen molar-refractivity contribution in [3.05, 3.63) is 0 Å². The molecule has 66 valence electrons. The van der Waals surface area contributed by atoms with Crippen LogP contribution in [-0.2, 0) is 4.79 Å². The zero-order chi connectivity index (χ0) is 8.69. The Morgan fingerprint density at radius 3 is 2.64 bits per heavy atom. The molecule has 0 aromatic rings. The van der Waals surface area contributed by atoms with E-state index in [9.17, 15) is 4.79 Å². The van der Waals surface area contributed by atoms with Gasteiger partial charge in [-0.25, -0.2) is 0 Å². The number of aliphatic hydroxyl groups excluding tert-OH is 1. The number of carbonyl (C=O) groups is 1. The molecule has 0 fully saturated rings. The van der Waals surface area contributed by atoms with E-state index in [0.29, 0.717) is 13.0 Å². The van der Waals surface area contributed by atoms with Crippen LogP contribution in [0.1, 0.15) is 20.3 Å². The highest BCUT2D eigenvalue weighted by atomic mass is 16.3. The number of hydrogen-bond donors (Lipinski definition) is 3. The predicted molar refractivity (Wildman–Crippen MR) is 43.0 cm³/mol. The first-order valence-corrected chi connectivity index (χ1v) is 3.88. The van der Waals surface area contributed by atoms with Crippen LogP contribution in [0.15, 0.2) is 0 Å². The average molecular weight is 160 g/mol. The van der Waals surface area contributed by atoms with Gasteiger partial charge >= 0.3 is 0 Å². The molecular formula is C7H16N2O2. The number of hydrogen-bond acceptors (Lipinski definition) is 3. The highest BCUT2D eigenvalue weighted by Crippen LogP contribution is 1.77. The van der Waals surface area contributed by atoms with E-state index in [1.54, 1.807) is 6.92 Å². The molecule has 4 heteroatoms. The van der Waals surface area contributed by atoms with E-state index >= 15 is 0 Å². The van der Waals surface area contributed by atoms with E-state index in [0.717, 1.165) is 0 Å². The molecule has 0 heterocycles. The van der Waals surface area contributed by atoms with Crippen molar-refractivity contribution in [1.29, 1.82) is 0 Å². The normalized spacial score (nSPS) is 12.6. The van der Waals surface area contributed by atoms with Crippen molar-refractivity contribution in [2.75, 3.05) is 13.1 Å². The van der Waals surface area contributed by atoms with Crippen LogP contribution in [-0.4, -0.2) is 30.3 Å². The van der Waals surface area contributed by atoms with E-state index in [2.05, 4.69) is 10.6 Å². The molecule has 0 radical (unpaired) electrons. The van der Waals surface area contributed by atoms with Gasteiger partial charge in [0.1, 0.15) is 6.23 Å². The van der Waals surface area contributed by atoms with Crippen LogP contribution in [0, 0.1) is 0 Å². The number of nitrogens with one attached hydrogen (secondary N) is 2. The Bertz CT molecular complexity index is 117. The second-order valence-electron chi connectivity index (χ2n) is 2.23. The fraction of sp³-hybridized carbons (Fsp3) is 0.857. The van der Waals surface area contributed by atoms with Gasteiger partial charge in [0.25, 0.3) is 0 Å². The fourth-order valence-corrected chi connectivity index (χ4v) is 0.643. The summed E-state index contributed by atoms with van der Waals surface area (Å²) >= 11 is 0. The van der Waals surface area contributed by atoms with Crippen LogP contribution in [0.5, 0.6) is 0 Å². The van der Waals surface area contributed by atoms with Crippen molar-refractivity contribution in [1.82, 2.24) is 10.6 Å².